The lowest BCUT2D eigenvalue weighted by Gasteiger charge is -2.26. The lowest BCUT2D eigenvalue weighted by molar-refractivity contribution is 0.0486. The summed E-state index contributed by atoms with van der Waals surface area (Å²) in [5.74, 6) is 0.0312. The fourth-order valence-electron chi connectivity index (χ4n) is 4.05. The summed E-state index contributed by atoms with van der Waals surface area (Å²) in [5.41, 5.74) is 1.78. The van der Waals surface area contributed by atoms with Gasteiger partial charge in [0.05, 0.1) is 12.0 Å². The number of benzene rings is 2. The van der Waals surface area contributed by atoms with E-state index < -0.39 is 5.97 Å². The number of hydrogen-bond donors (Lipinski definition) is 0. The monoisotopic (exact) mass is 441 g/mol. The highest BCUT2D eigenvalue weighted by molar-refractivity contribution is 6.02. The van der Waals surface area contributed by atoms with E-state index in [0.29, 0.717) is 28.9 Å². The number of halogens is 1. The van der Waals surface area contributed by atoms with Crippen molar-refractivity contribution < 1.29 is 13.9 Å². The number of likely N-dealkylation sites (tertiary alicyclic amines) is 1. The van der Waals surface area contributed by atoms with E-state index in [4.69, 9.17) is 9.15 Å². The molecule has 0 N–H and O–H groups in total. The molecule has 0 saturated carbocycles. The van der Waals surface area contributed by atoms with Crippen molar-refractivity contribution in [3.63, 3.8) is 0 Å². The lowest BCUT2D eigenvalue weighted by atomic mass is 10.0. The molecule has 0 unspecified atom stereocenters. The van der Waals surface area contributed by atoms with Gasteiger partial charge in [-0.2, -0.15) is 0 Å². The number of esters is 1. The number of hydrogen-bond acceptors (Lipinski definition) is 5. The molecule has 164 valence electrons. The minimum atomic E-state index is -0.453. The summed E-state index contributed by atoms with van der Waals surface area (Å²) in [6.07, 6.45) is 4.60. The van der Waals surface area contributed by atoms with Crippen molar-refractivity contribution in [1.82, 2.24) is 4.90 Å². The Hall–Kier alpha value is -2.63. The van der Waals surface area contributed by atoms with Gasteiger partial charge in [-0.05, 0) is 51.4 Å². The Morgan fingerprint density at radius 3 is 2.52 bits per heavy atom. The van der Waals surface area contributed by atoms with E-state index in [1.807, 2.05) is 30.3 Å². The van der Waals surface area contributed by atoms with Crippen molar-refractivity contribution >= 4 is 29.3 Å². The van der Waals surface area contributed by atoms with E-state index in [1.165, 1.54) is 19.3 Å². The van der Waals surface area contributed by atoms with Crippen molar-refractivity contribution in [2.45, 2.75) is 32.6 Å². The normalized spacial score (nSPS) is 14.2. The van der Waals surface area contributed by atoms with Crippen LogP contribution in [0.2, 0.25) is 0 Å². The van der Waals surface area contributed by atoms with Crippen molar-refractivity contribution in [2.24, 2.45) is 0 Å². The minimum Gasteiger partial charge on any atom is -0.462 e. The molecular formula is C25H28ClNO4. The molecule has 0 bridgehead atoms. The number of rotatable bonds is 6. The maximum Gasteiger partial charge on any atom is 0.341 e. The maximum absolute atomic E-state index is 12.9. The number of ether oxygens (including phenoxy) is 1. The zero-order chi connectivity index (χ0) is 20.9. The SMILES string of the molecule is Cc1c(-c2ccccc2)oc2c(C(=O)OCCCN3CCCCC3)cccc2c1=O.Cl. The van der Waals surface area contributed by atoms with Gasteiger partial charge in [0, 0.05) is 17.7 Å². The Labute approximate surface area is 188 Å². The molecule has 31 heavy (non-hydrogen) atoms. The fourth-order valence-corrected chi connectivity index (χ4v) is 4.05. The maximum atomic E-state index is 12.9. The summed E-state index contributed by atoms with van der Waals surface area (Å²) >= 11 is 0. The predicted octanol–water partition coefficient (Wildman–Crippen LogP) is 5.22. The van der Waals surface area contributed by atoms with Gasteiger partial charge in [0.1, 0.15) is 11.3 Å². The number of para-hydroxylation sites is 1. The van der Waals surface area contributed by atoms with Crippen molar-refractivity contribution in [2.75, 3.05) is 26.2 Å². The number of carbonyl (C=O) groups excluding carboxylic acids is 1. The van der Waals surface area contributed by atoms with Crippen molar-refractivity contribution in [3.05, 3.63) is 69.9 Å². The first-order valence-electron chi connectivity index (χ1n) is 10.7. The smallest absolute Gasteiger partial charge is 0.341 e. The zero-order valence-corrected chi connectivity index (χ0v) is 18.6. The molecule has 0 aliphatic carbocycles. The third-order valence-corrected chi connectivity index (χ3v) is 5.70. The molecule has 0 radical (unpaired) electrons. The van der Waals surface area contributed by atoms with Crippen LogP contribution in [0.1, 0.15) is 41.6 Å². The molecule has 5 nitrogen and oxygen atoms in total. The highest BCUT2D eigenvalue weighted by Crippen LogP contribution is 2.27. The Morgan fingerprint density at radius 1 is 1.03 bits per heavy atom. The summed E-state index contributed by atoms with van der Waals surface area (Å²) in [4.78, 5) is 28.1. The van der Waals surface area contributed by atoms with Crippen molar-refractivity contribution in [1.29, 1.82) is 0 Å². The zero-order valence-electron chi connectivity index (χ0n) is 17.8. The highest BCUT2D eigenvalue weighted by Gasteiger charge is 2.19. The largest absolute Gasteiger partial charge is 0.462 e. The average molecular weight is 442 g/mol. The van der Waals surface area contributed by atoms with Crippen LogP contribution in [0.25, 0.3) is 22.3 Å². The van der Waals surface area contributed by atoms with Crippen LogP contribution in [0.3, 0.4) is 0 Å². The molecule has 4 rings (SSSR count). The van der Waals surface area contributed by atoms with Crippen LogP contribution in [0.5, 0.6) is 0 Å². The van der Waals surface area contributed by atoms with Crippen LogP contribution in [0.4, 0.5) is 0 Å². The molecule has 1 aliphatic rings. The minimum absolute atomic E-state index is 0. The van der Waals surface area contributed by atoms with Crippen molar-refractivity contribution in [3.8, 4) is 11.3 Å². The van der Waals surface area contributed by atoms with Gasteiger partial charge in [0.15, 0.2) is 11.0 Å². The molecule has 1 saturated heterocycles. The van der Waals surface area contributed by atoms with E-state index in [9.17, 15) is 9.59 Å². The predicted molar refractivity (Wildman–Crippen MR) is 125 cm³/mol. The molecule has 1 aromatic heterocycles. The van der Waals surface area contributed by atoms with Gasteiger partial charge in [0.25, 0.3) is 0 Å². The van der Waals surface area contributed by atoms with E-state index >= 15 is 0 Å². The van der Waals surface area contributed by atoms with Gasteiger partial charge in [0.2, 0.25) is 0 Å². The van der Waals surface area contributed by atoms with Gasteiger partial charge in [-0.25, -0.2) is 4.79 Å². The average Bonchev–Trinajstić information content (AvgIpc) is 2.80. The standard InChI is InChI=1S/C25H27NO4.ClH/c1-18-22(27)20-12-8-13-21(24(20)30-23(18)19-10-4-2-5-11-19)25(28)29-17-9-16-26-14-6-3-7-15-26;/h2,4-5,8,10-13H,3,6-7,9,14-17H2,1H3;1H. The van der Waals surface area contributed by atoms with Crippen LogP contribution >= 0.6 is 12.4 Å². The summed E-state index contributed by atoms with van der Waals surface area (Å²) in [7, 11) is 0. The second kappa shape index (κ2) is 10.6. The summed E-state index contributed by atoms with van der Waals surface area (Å²) in [5, 5.41) is 0.398. The molecular weight excluding hydrogens is 414 g/mol. The number of nitrogens with zero attached hydrogens (tertiary/aromatic N) is 1. The van der Waals surface area contributed by atoms with E-state index in [0.717, 1.165) is 31.6 Å². The van der Waals surface area contributed by atoms with Crippen LogP contribution in [0.15, 0.2) is 57.7 Å². The summed E-state index contributed by atoms with van der Waals surface area (Å²) in [6.45, 7) is 5.30. The second-order valence-corrected chi connectivity index (χ2v) is 7.83. The third kappa shape index (κ3) is 5.17. The van der Waals surface area contributed by atoms with E-state index in [-0.39, 0.29) is 23.4 Å². The molecule has 1 aliphatic heterocycles. The molecule has 2 aromatic carbocycles. The molecule has 0 spiro atoms. The number of fused-ring (bicyclic) bond motifs is 1. The van der Waals surface area contributed by atoms with Crippen LogP contribution in [0, 0.1) is 6.92 Å². The quantitative estimate of drug-likeness (QED) is 0.387. The third-order valence-electron chi connectivity index (χ3n) is 5.70. The number of piperidine rings is 1. The van der Waals surface area contributed by atoms with Gasteiger partial charge < -0.3 is 14.1 Å². The van der Waals surface area contributed by atoms with Crippen LogP contribution in [-0.4, -0.2) is 37.1 Å². The first-order chi connectivity index (χ1) is 14.6. The van der Waals surface area contributed by atoms with Gasteiger partial charge in [-0.3, -0.25) is 4.79 Å². The first-order valence-corrected chi connectivity index (χ1v) is 10.7. The first kappa shape index (κ1) is 23.0. The Balaban J connectivity index is 0.00000272. The highest BCUT2D eigenvalue weighted by atomic mass is 35.5. The van der Waals surface area contributed by atoms with Gasteiger partial charge in [-0.1, -0.05) is 42.8 Å². The Kier molecular flexibility index (Phi) is 7.88. The van der Waals surface area contributed by atoms with Gasteiger partial charge >= 0.3 is 5.97 Å². The fraction of sp³-hybridized carbons (Fsp3) is 0.360. The number of carbonyl (C=O) groups is 1. The molecule has 0 atom stereocenters. The van der Waals surface area contributed by atoms with Gasteiger partial charge in [-0.15, -0.1) is 12.4 Å². The Morgan fingerprint density at radius 2 is 1.77 bits per heavy atom. The molecule has 3 aromatic rings. The molecule has 1 fully saturated rings. The lowest BCUT2D eigenvalue weighted by Crippen LogP contribution is -2.31. The Bertz CT molecular complexity index is 1090. The van der Waals surface area contributed by atoms with Crippen LogP contribution < -0.4 is 5.43 Å². The summed E-state index contributed by atoms with van der Waals surface area (Å²) < 4.78 is 11.6. The molecule has 6 heteroatoms. The van der Waals surface area contributed by atoms with E-state index in [1.54, 1.807) is 25.1 Å². The van der Waals surface area contributed by atoms with Crippen LogP contribution in [-0.2, 0) is 4.74 Å². The topological polar surface area (TPSA) is 59.8 Å². The molecule has 2 heterocycles. The molecule has 0 amide bonds. The van der Waals surface area contributed by atoms with E-state index in [2.05, 4.69) is 4.90 Å². The second-order valence-electron chi connectivity index (χ2n) is 7.83. The summed E-state index contributed by atoms with van der Waals surface area (Å²) in [6, 6.07) is 14.5.